The van der Waals surface area contributed by atoms with Crippen LogP contribution in [0.2, 0.25) is 5.02 Å². The van der Waals surface area contributed by atoms with E-state index in [1.807, 2.05) is 54.8 Å². The van der Waals surface area contributed by atoms with E-state index in [1.165, 1.54) is 0 Å². The largest absolute Gasteiger partial charge is 0.322 e. The van der Waals surface area contributed by atoms with Crippen molar-refractivity contribution in [3.8, 4) is 11.4 Å². The Balaban J connectivity index is 1.59. The van der Waals surface area contributed by atoms with E-state index >= 15 is 0 Å². The van der Waals surface area contributed by atoms with Crippen LogP contribution >= 0.6 is 23.4 Å². The van der Waals surface area contributed by atoms with Crippen molar-refractivity contribution in [2.45, 2.75) is 31.1 Å². The molecule has 0 unspecified atom stereocenters. The maximum Gasteiger partial charge on any atom is 0.255 e. The summed E-state index contributed by atoms with van der Waals surface area (Å²) in [4.78, 5) is 18.3. The Morgan fingerprint density at radius 2 is 1.90 bits per heavy atom. The number of nitrogens with zero attached hydrogens (tertiary/aromatic N) is 3. The molecule has 0 aliphatic heterocycles. The highest BCUT2D eigenvalue weighted by Gasteiger charge is 2.24. The van der Waals surface area contributed by atoms with Crippen LogP contribution in [0.1, 0.15) is 36.8 Å². The summed E-state index contributed by atoms with van der Waals surface area (Å²) in [7, 11) is 0. The normalized spacial score (nSPS) is 11.8. The fourth-order valence-electron chi connectivity index (χ4n) is 3.10. The lowest BCUT2D eigenvalue weighted by Gasteiger charge is -2.16. The van der Waals surface area contributed by atoms with Gasteiger partial charge in [0.15, 0.2) is 11.5 Å². The number of aromatic amines is 1. The Hall–Kier alpha value is -2.77. The summed E-state index contributed by atoms with van der Waals surface area (Å²) in [5, 5.41) is 11.2. The Kier molecular flexibility index (Phi) is 5.34. The first-order valence-corrected chi connectivity index (χ1v) is 11.1. The standard InChI is InChI=1S/C22H22ClN5OS/c1-22(2,3)18-17(23)20-25-19(27-28(20)26-18)14-6-5-7-15(12-14)24-21(29)13-8-10-16(30-4)11-9-13/h5-12,26H,1-4H3,(H,24,29). The molecule has 0 aliphatic carbocycles. The van der Waals surface area contributed by atoms with Crippen molar-refractivity contribution in [3.63, 3.8) is 0 Å². The lowest BCUT2D eigenvalue weighted by atomic mass is 9.92. The van der Waals surface area contributed by atoms with Gasteiger partial charge >= 0.3 is 0 Å². The molecule has 2 N–H and O–H groups in total. The number of carbonyl (C=O) groups excluding carboxylic acids is 1. The molecule has 0 fully saturated rings. The van der Waals surface area contributed by atoms with Gasteiger partial charge in [-0.3, -0.25) is 9.89 Å². The van der Waals surface area contributed by atoms with E-state index in [0.717, 1.165) is 16.2 Å². The number of hydrogen-bond acceptors (Lipinski definition) is 4. The van der Waals surface area contributed by atoms with Gasteiger partial charge in [-0.25, -0.2) is 4.98 Å². The minimum atomic E-state index is -0.164. The molecular weight excluding hydrogens is 418 g/mol. The highest BCUT2D eigenvalue weighted by atomic mass is 35.5. The van der Waals surface area contributed by atoms with Gasteiger partial charge in [0.05, 0.1) is 5.69 Å². The van der Waals surface area contributed by atoms with Gasteiger partial charge in [-0.05, 0) is 42.7 Å². The molecule has 0 saturated heterocycles. The Labute approximate surface area is 184 Å². The lowest BCUT2D eigenvalue weighted by Crippen LogP contribution is -2.13. The van der Waals surface area contributed by atoms with Crippen LogP contribution in [0.4, 0.5) is 5.69 Å². The maximum atomic E-state index is 12.6. The van der Waals surface area contributed by atoms with Gasteiger partial charge in [0.1, 0.15) is 5.02 Å². The first-order chi connectivity index (χ1) is 14.3. The molecular formula is C22H22ClN5OS. The SMILES string of the molecule is CSc1ccc(C(=O)Nc2cccc(-c3nc4c(Cl)c(C(C)(C)C)[nH]n4n3)c2)cc1. The molecule has 0 bridgehead atoms. The molecule has 0 radical (unpaired) electrons. The maximum absolute atomic E-state index is 12.6. The first-order valence-electron chi connectivity index (χ1n) is 9.47. The number of carbonyl (C=O) groups is 1. The molecule has 0 aliphatic rings. The molecule has 2 aromatic heterocycles. The average molecular weight is 440 g/mol. The number of fused-ring (bicyclic) bond motifs is 1. The third-order valence-corrected chi connectivity index (χ3v) is 5.82. The molecule has 4 rings (SSSR count). The van der Waals surface area contributed by atoms with E-state index in [-0.39, 0.29) is 11.3 Å². The van der Waals surface area contributed by atoms with Gasteiger partial charge in [0, 0.05) is 27.1 Å². The lowest BCUT2D eigenvalue weighted by molar-refractivity contribution is 0.102. The molecule has 154 valence electrons. The van der Waals surface area contributed by atoms with E-state index < -0.39 is 0 Å². The van der Waals surface area contributed by atoms with Crippen LogP contribution in [0.25, 0.3) is 17.0 Å². The van der Waals surface area contributed by atoms with Gasteiger partial charge in [0.2, 0.25) is 0 Å². The van der Waals surface area contributed by atoms with Crippen LogP contribution in [-0.2, 0) is 5.41 Å². The van der Waals surface area contributed by atoms with Crippen LogP contribution in [-0.4, -0.2) is 32.0 Å². The molecule has 0 saturated carbocycles. The number of thioether (sulfide) groups is 1. The van der Waals surface area contributed by atoms with Crippen molar-refractivity contribution in [2.24, 2.45) is 0 Å². The van der Waals surface area contributed by atoms with E-state index in [1.54, 1.807) is 16.4 Å². The molecule has 2 heterocycles. The Morgan fingerprint density at radius 3 is 2.53 bits per heavy atom. The monoisotopic (exact) mass is 439 g/mol. The number of amides is 1. The number of aromatic nitrogens is 4. The molecule has 8 heteroatoms. The predicted octanol–water partition coefficient (Wildman–Crippen LogP) is 5.65. The van der Waals surface area contributed by atoms with Gasteiger partial charge in [-0.15, -0.1) is 16.9 Å². The van der Waals surface area contributed by atoms with Crippen molar-refractivity contribution in [3.05, 3.63) is 64.8 Å². The van der Waals surface area contributed by atoms with Crippen LogP contribution in [0.3, 0.4) is 0 Å². The van der Waals surface area contributed by atoms with Crippen molar-refractivity contribution < 1.29 is 4.79 Å². The van der Waals surface area contributed by atoms with Crippen LogP contribution in [0.5, 0.6) is 0 Å². The summed E-state index contributed by atoms with van der Waals surface area (Å²) in [5.41, 5.74) is 3.40. The summed E-state index contributed by atoms with van der Waals surface area (Å²) in [6.07, 6.45) is 2.00. The fraction of sp³-hybridized carbons (Fsp3) is 0.227. The van der Waals surface area contributed by atoms with Crippen LogP contribution in [0.15, 0.2) is 53.4 Å². The minimum Gasteiger partial charge on any atom is -0.322 e. The summed E-state index contributed by atoms with van der Waals surface area (Å²) in [6, 6.07) is 14.9. The molecule has 1 amide bonds. The number of H-pyrrole nitrogens is 1. The van der Waals surface area contributed by atoms with E-state index in [0.29, 0.717) is 27.7 Å². The smallest absolute Gasteiger partial charge is 0.255 e. The molecule has 6 nitrogen and oxygen atoms in total. The van der Waals surface area contributed by atoms with Gasteiger partial charge in [0.25, 0.3) is 5.91 Å². The fourth-order valence-corrected chi connectivity index (χ4v) is 3.96. The predicted molar refractivity (Wildman–Crippen MR) is 123 cm³/mol. The highest BCUT2D eigenvalue weighted by Crippen LogP contribution is 2.32. The van der Waals surface area contributed by atoms with Crippen molar-refractivity contribution in [1.29, 1.82) is 0 Å². The Morgan fingerprint density at radius 1 is 1.17 bits per heavy atom. The summed E-state index contributed by atoms with van der Waals surface area (Å²) < 4.78 is 1.59. The zero-order chi connectivity index (χ0) is 21.5. The topological polar surface area (TPSA) is 75.1 Å². The molecule has 30 heavy (non-hydrogen) atoms. The zero-order valence-electron chi connectivity index (χ0n) is 17.2. The van der Waals surface area contributed by atoms with Crippen molar-refractivity contribution in [1.82, 2.24) is 19.8 Å². The molecule has 4 aromatic rings. The molecule has 0 spiro atoms. The average Bonchev–Trinajstić information content (AvgIpc) is 3.28. The summed E-state index contributed by atoms with van der Waals surface area (Å²) >= 11 is 8.16. The number of anilines is 1. The number of nitrogens with one attached hydrogen (secondary N) is 2. The number of hydrogen-bond donors (Lipinski definition) is 2. The third-order valence-electron chi connectivity index (χ3n) is 4.72. The van der Waals surface area contributed by atoms with E-state index in [4.69, 9.17) is 11.6 Å². The minimum absolute atomic E-state index is 0.141. The van der Waals surface area contributed by atoms with E-state index in [2.05, 4.69) is 41.3 Å². The highest BCUT2D eigenvalue weighted by molar-refractivity contribution is 7.98. The quantitative estimate of drug-likeness (QED) is 0.403. The van der Waals surface area contributed by atoms with Crippen LogP contribution < -0.4 is 5.32 Å². The number of rotatable bonds is 4. The van der Waals surface area contributed by atoms with Gasteiger partial charge < -0.3 is 5.32 Å². The second kappa shape index (κ2) is 7.81. The number of benzene rings is 2. The zero-order valence-corrected chi connectivity index (χ0v) is 18.7. The molecule has 0 atom stereocenters. The van der Waals surface area contributed by atoms with Crippen LogP contribution in [0, 0.1) is 0 Å². The number of halogens is 1. The van der Waals surface area contributed by atoms with Gasteiger partial charge in [-0.1, -0.05) is 44.5 Å². The first kappa shape index (κ1) is 20.5. The third kappa shape index (κ3) is 3.95. The Bertz CT molecular complexity index is 1220. The second-order valence-electron chi connectivity index (χ2n) is 7.99. The van der Waals surface area contributed by atoms with Crippen molar-refractivity contribution in [2.75, 3.05) is 11.6 Å². The summed E-state index contributed by atoms with van der Waals surface area (Å²) in [5.74, 6) is 0.367. The second-order valence-corrected chi connectivity index (χ2v) is 9.24. The van der Waals surface area contributed by atoms with Gasteiger partial charge in [-0.2, -0.15) is 4.63 Å². The van der Waals surface area contributed by atoms with Crippen molar-refractivity contribution >= 4 is 40.6 Å². The summed E-state index contributed by atoms with van der Waals surface area (Å²) in [6.45, 7) is 6.23. The molecule has 2 aromatic carbocycles. The van der Waals surface area contributed by atoms with E-state index in [9.17, 15) is 4.79 Å².